The summed E-state index contributed by atoms with van der Waals surface area (Å²) >= 11 is 0. The molecule has 5 rings (SSSR count). The monoisotopic (exact) mass is 477 g/mol. The predicted molar refractivity (Wildman–Crippen MR) is 120 cm³/mol. The van der Waals surface area contributed by atoms with Crippen LogP contribution in [0.15, 0.2) is 52.0 Å². The first-order chi connectivity index (χ1) is 15.4. The summed E-state index contributed by atoms with van der Waals surface area (Å²) in [6, 6.07) is 10.6. The number of para-hydroxylation sites is 1. The third kappa shape index (κ3) is 4.43. The zero-order valence-electron chi connectivity index (χ0n) is 18.5. The number of pyridine rings is 1. The van der Waals surface area contributed by atoms with Gasteiger partial charge in [0.25, 0.3) is 5.56 Å². The molecule has 2 heterocycles. The van der Waals surface area contributed by atoms with Crippen molar-refractivity contribution >= 4 is 35.3 Å². The molecular formula is C23H22FN3NaO4P. The number of aryl methyl sites for hydroxylation is 1. The second-order valence-electron chi connectivity index (χ2n) is 8.08. The van der Waals surface area contributed by atoms with Crippen molar-refractivity contribution in [2.75, 3.05) is 11.9 Å². The van der Waals surface area contributed by atoms with Gasteiger partial charge in [-0.1, -0.05) is 30.7 Å². The van der Waals surface area contributed by atoms with Gasteiger partial charge in [-0.3, -0.25) is 9.36 Å². The van der Waals surface area contributed by atoms with Crippen molar-refractivity contribution in [1.29, 1.82) is 0 Å². The maximum absolute atomic E-state index is 14.0. The van der Waals surface area contributed by atoms with E-state index in [9.17, 15) is 18.9 Å². The molecule has 1 aliphatic heterocycles. The van der Waals surface area contributed by atoms with E-state index in [1.165, 1.54) is 16.7 Å². The summed E-state index contributed by atoms with van der Waals surface area (Å²) < 4.78 is 38.9. The molecule has 0 saturated heterocycles. The van der Waals surface area contributed by atoms with Crippen LogP contribution in [-0.2, 0) is 15.6 Å². The molecule has 1 atom stereocenters. The molecule has 1 saturated carbocycles. The summed E-state index contributed by atoms with van der Waals surface area (Å²) in [7, 11) is -3.71. The average molecular weight is 477 g/mol. The Morgan fingerprint density at radius 1 is 1.27 bits per heavy atom. The molecule has 1 aromatic heterocycles. The van der Waals surface area contributed by atoms with Gasteiger partial charge in [0.2, 0.25) is 0 Å². The van der Waals surface area contributed by atoms with Gasteiger partial charge < -0.3 is 19.5 Å². The smallest absolute Gasteiger partial charge is 0.871 e. The van der Waals surface area contributed by atoms with E-state index in [2.05, 4.69) is 10.1 Å². The Morgan fingerprint density at radius 2 is 2.03 bits per heavy atom. The number of fused-ring (bicyclic) bond motifs is 2. The summed E-state index contributed by atoms with van der Waals surface area (Å²) in [6.07, 6.45) is 3.04. The molecule has 1 aliphatic carbocycles. The third-order valence-corrected chi connectivity index (χ3v) is 7.94. The van der Waals surface area contributed by atoms with Crippen molar-refractivity contribution in [1.82, 2.24) is 4.57 Å². The maximum atomic E-state index is 14.0. The van der Waals surface area contributed by atoms with Crippen LogP contribution in [0.2, 0.25) is 0 Å². The molecule has 0 radical (unpaired) electrons. The van der Waals surface area contributed by atoms with Crippen molar-refractivity contribution < 1.29 is 48.1 Å². The predicted octanol–water partition coefficient (Wildman–Crippen LogP) is 0.745. The van der Waals surface area contributed by atoms with Crippen LogP contribution in [0.5, 0.6) is 5.75 Å². The zero-order valence-corrected chi connectivity index (χ0v) is 21.4. The molecule has 1 unspecified atom stereocenters. The number of rotatable bonds is 6. The average Bonchev–Trinajstić information content (AvgIpc) is 3.59. The number of amidine groups is 1. The SMILES string of the molecule is CCOP1(=O)N=C(c2c([O-])c3cc(F)ccc3n(CCC3CC3)c2=O)Nc2ccccc21.[Na+]. The first-order valence-corrected chi connectivity index (χ1v) is 12.2. The van der Waals surface area contributed by atoms with Crippen molar-refractivity contribution in [3.63, 3.8) is 0 Å². The van der Waals surface area contributed by atoms with E-state index in [-0.39, 0.29) is 52.9 Å². The van der Waals surface area contributed by atoms with E-state index >= 15 is 0 Å². The molecule has 1 fully saturated rings. The molecule has 3 aromatic rings. The maximum Gasteiger partial charge on any atom is 1.00 e. The Labute approximate surface area is 212 Å². The summed E-state index contributed by atoms with van der Waals surface area (Å²) in [5.41, 5.74) is 0.0457. The van der Waals surface area contributed by atoms with E-state index in [0.29, 0.717) is 29.0 Å². The largest absolute Gasteiger partial charge is 1.00 e. The second kappa shape index (κ2) is 9.35. The van der Waals surface area contributed by atoms with Crippen molar-refractivity contribution in [2.24, 2.45) is 10.7 Å². The normalized spacial score (nSPS) is 19.4. The van der Waals surface area contributed by atoms with Crippen LogP contribution in [0.25, 0.3) is 10.9 Å². The van der Waals surface area contributed by atoms with E-state index in [0.717, 1.165) is 25.3 Å². The molecular weight excluding hydrogens is 455 g/mol. The van der Waals surface area contributed by atoms with Crippen LogP contribution in [0.1, 0.15) is 31.7 Å². The van der Waals surface area contributed by atoms with Crippen LogP contribution in [-0.4, -0.2) is 17.0 Å². The minimum Gasteiger partial charge on any atom is -0.871 e. The van der Waals surface area contributed by atoms with Crippen LogP contribution >= 0.6 is 7.52 Å². The Kier molecular flexibility index (Phi) is 6.85. The number of nitrogens with one attached hydrogen (secondary N) is 1. The molecule has 166 valence electrons. The Morgan fingerprint density at radius 3 is 2.76 bits per heavy atom. The van der Waals surface area contributed by atoms with Gasteiger partial charge in [0, 0.05) is 6.54 Å². The quantitative estimate of drug-likeness (QED) is 0.418. The van der Waals surface area contributed by atoms with E-state index in [1.807, 2.05) is 0 Å². The van der Waals surface area contributed by atoms with Gasteiger partial charge in [0.1, 0.15) is 11.7 Å². The number of halogens is 1. The number of hydrogen-bond acceptors (Lipinski definition) is 5. The minimum absolute atomic E-state index is 0. The van der Waals surface area contributed by atoms with Gasteiger partial charge in [-0.15, -0.1) is 0 Å². The van der Waals surface area contributed by atoms with E-state index in [1.54, 1.807) is 31.2 Å². The van der Waals surface area contributed by atoms with Gasteiger partial charge in [0.05, 0.1) is 28.7 Å². The first kappa shape index (κ1) is 24.2. The van der Waals surface area contributed by atoms with Crippen molar-refractivity contribution in [2.45, 2.75) is 32.7 Å². The summed E-state index contributed by atoms with van der Waals surface area (Å²) in [6.45, 7) is 2.25. The number of benzene rings is 2. The molecule has 2 aromatic carbocycles. The molecule has 2 aliphatic rings. The zero-order chi connectivity index (χ0) is 22.5. The molecule has 7 nitrogen and oxygen atoms in total. The van der Waals surface area contributed by atoms with Crippen LogP contribution in [0, 0.1) is 11.7 Å². The van der Waals surface area contributed by atoms with E-state index in [4.69, 9.17) is 4.52 Å². The molecule has 0 amide bonds. The third-order valence-electron chi connectivity index (χ3n) is 5.87. The molecule has 0 bridgehead atoms. The second-order valence-corrected chi connectivity index (χ2v) is 10.1. The fraction of sp³-hybridized carbons (Fsp3) is 0.304. The van der Waals surface area contributed by atoms with Gasteiger partial charge in [-0.05, 0) is 55.0 Å². The summed E-state index contributed by atoms with van der Waals surface area (Å²) in [5, 5.41) is 16.8. The van der Waals surface area contributed by atoms with Gasteiger partial charge >= 0.3 is 37.1 Å². The molecule has 0 spiro atoms. The standard InChI is InChI=1S/C23H23FN3O4P.Na/c1-2-31-32(30)19-6-4-3-5-17(19)25-22(26-32)20-21(28)16-13-15(24)9-10-18(16)27(23(20)29)12-11-14-7-8-14;/h3-6,9-10,13-14,28H,2,7-8,11-12H2,1H3,(H,25,26,30);/q;+1/p-1. The van der Waals surface area contributed by atoms with Gasteiger partial charge in [-0.2, -0.15) is 4.76 Å². The fourth-order valence-corrected chi connectivity index (χ4v) is 5.88. The number of anilines is 1. The Hall–Kier alpha value is -1.96. The fourth-order valence-electron chi connectivity index (χ4n) is 4.10. The van der Waals surface area contributed by atoms with Crippen molar-refractivity contribution in [3.05, 3.63) is 64.2 Å². The Balaban J connectivity index is 0.00000259. The molecule has 10 heteroatoms. The topological polar surface area (TPSA) is 95.8 Å². The minimum atomic E-state index is -3.71. The summed E-state index contributed by atoms with van der Waals surface area (Å²) in [5.74, 6) is -0.776. The Bertz CT molecular complexity index is 1370. The van der Waals surface area contributed by atoms with Crippen LogP contribution in [0.3, 0.4) is 0 Å². The number of nitrogens with zero attached hydrogens (tertiary/aromatic N) is 2. The van der Waals surface area contributed by atoms with Crippen molar-refractivity contribution in [3.8, 4) is 5.75 Å². The number of aromatic nitrogens is 1. The number of hydrogen-bond donors (Lipinski definition) is 1. The summed E-state index contributed by atoms with van der Waals surface area (Å²) in [4.78, 5) is 13.5. The van der Waals surface area contributed by atoms with Crippen LogP contribution < -0.4 is 50.8 Å². The van der Waals surface area contributed by atoms with Crippen LogP contribution in [0.4, 0.5) is 10.1 Å². The van der Waals surface area contributed by atoms with E-state index < -0.39 is 24.6 Å². The molecule has 1 N–H and O–H groups in total. The molecule has 33 heavy (non-hydrogen) atoms. The van der Waals surface area contributed by atoms with Gasteiger partial charge in [0.15, 0.2) is 0 Å². The van der Waals surface area contributed by atoms with Gasteiger partial charge in [-0.25, -0.2) is 4.39 Å². The first-order valence-electron chi connectivity index (χ1n) is 10.7.